The number of carboxylic acids is 1. The summed E-state index contributed by atoms with van der Waals surface area (Å²) in [5, 5.41) is 12.9. The molecule has 98 valence electrons. The van der Waals surface area contributed by atoms with Gasteiger partial charge in [-0.2, -0.15) is 0 Å². The third-order valence-corrected chi connectivity index (χ3v) is 4.97. The van der Waals surface area contributed by atoms with Crippen LogP contribution in [-0.4, -0.2) is 36.0 Å². The van der Waals surface area contributed by atoms with E-state index in [-0.39, 0.29) is 6.54 Å². The molecular weight excluding hydrogens is 392 g/mol. The van der Waals surface area contributed by atoms with Crippen molar-refractivity contribution in [2.75, 3.05) is 13.1 Å². The van der Waals surface area contributed by atoms with Gasteiger partial charge in [-0.1, -0.05) is 0 Å². The third kappa shape index (κ3) is 4.75. The van der Waals surface area contributed by atoms with Crippen molar-refractivity contribution in [1.29, 1.82) is 0 Å². The second-order valence-electron chi connectivity index (χ2n) is 3.09. The Labute approximate surface area is 123 Å². The first-order valence-corrected chi connectivity index (χ1v) is 7.02. The molecular formula is C9H8Br2N2O4S. The summed E-state index contributed by atoms with van der Waals surface area (Å²) in [6.45, 7) is -0.732. The van der Waals surface area contributed by atoms with Crippen molar-refractivity contribution in [3.8, 4) is 0 Å². The molecule has 0 bridgehead atoms. The van der Waals surface area contributed by atoms with Gasteiger partial charge in [-0.25, -0.2) is 0 Å². The molecule has 0 radical (unpaired) electrons. The molecule has 0 aliphatic rings. The van der Waals surface area contributed by atoms with Gasteiger partial charge < -0.3 is 15.7 Å². The molecule has 1 heterocycles. The molecule has 3 N–H and O–H groups in total. The Bertz CT molecular complexity index is 469. The van der Waals surface area contributed by atoms with Crippen LogP contribution in [0.1, 0.15) is 9.67 Å². The van der Waals surface area contributed by atoms with Gasteiger partial charge in [0, 0.05) is 4.47 Å². The second-order valence-corrected chi connectivity index (χ2v) is 6.31. The van der Waals surface area contributed by atoms with Crippen LogP contribution >= 0.6 is 43.2 Å². The second kappa shape index (κ2) is 6.86. The van der Waals surface area contributed by atoms with Crippen LogP contribution in [0.3, 0.4) is 0 Å². The van der Waals surface area contributed by atoms with E-state index in [9.17, 15) is 14.4 Å². The van der Waals surface area contributed by atoms with E-state index in [4.69, 9.17) is 5.11 Å². The predicted molar refractivity (Wildman–Crippen MR) is 72.7 cm³/mol. The summed E-state index contributed by atoms with van der Waals surface area (Å²) in [5.41, 5.74) is 0. The molecule has 0 unspecified atom stereocenters. The van der Waals surface area contributed by atoms with E-state index < -0.39 is 24.3 Å². The first kappa shape index (κ1) is 15.1. The van der Waals surface area contributed by atoms with E-state index >= 15 is 0 Å². The van der Waals surface area contributed by atoms with Crippen LogP contribution in [0.2, 0.25) is 0 Å². The summed E-state index contributed by atoms with van der Waals surface area (Å²) in [4.78, 5) is 33.4. The quantitative estimate of drug-likeness (QED) is 0.693. The third-order valence-electron chi connectivity index (χ3n) is 1.72. The van der Waals surface area contributed by atoms with E-state index in [1.54, 1.807) is 6.07 Å². The number of nitrogens with one attached hydrogen (secondary N) is 2. The average molecular weight is 400 g/mol. The van der Waals surface area contributed by atoms with Crippen LogP contribution < -0.4 is 10.6 Å². The Hall–Kier alpha value is -0.930. The number of amides is 2. The van der Waals surface area contributed by atoms with Crippen LogP contribution in [0.25, 0.3) is 0 Å². The molecule has 1 rings (SSSR count). The highest BCUT2D eigenvalue weighted by Gasteiger charge is 2.13. The molecule has 1 aromatic heterocycles. The number of hydrogen-bond donors (Lipinski definition) is 3. The molecule has 0 saturated heterocycles. The lowest BCUT2D eigenvalue weighted by atomic mass is 10.4. The number of carbonyl (C=O) groups excluding carboxylic acids is 2. The van der Waals surface area contributed by atoms with Gasteiger partial charge in [-0.15, -0.1) is 11.3 Å². The minimum atomic E-state index is -1.14. The fraction of sp³-hybridized carbons (Fsp3) is 0.222. The summed E-state index contributed by atoms with van der Waals surface area (Å²) >= 11 is 7.72. The molecule has 0 saturated carbocycles. The van der Waals surface area contributed by atoms with Gasteiger partial charge in [0.25, 0.3) is 5.91 Å². The minimum absolute atomic E-state index is 0.265. The van der Waals surface area contributed by atoms with Gasteiger partial charge in [0.1, 0.15) is 6.54 Å². The standard InChI is InChI=1S/C9H8Br2N2O4S/c10-4-1-5(18-8(4)11)9(17)13-2-6(14)12-3-7(15)16/h1H,2-3H2,(H,12,14)(H,13,17)(H,15,16). The molecule has 0 aliphatic carbocycles. The SMILES string of the molecule is O=C(O)CNC(=O)CNC(=O)c1cc(Br)c(Br)s1. The lowest BCUT2D eigenvalue weighted by molar-refractivity contribution is -0.137. The van der Waals surface area contributed by atoms with E-state index in [2.05, 4.69) is 42.5 Å². The van der Waals surface area contributed by atoms with Gasteiger partial charge in [-0.3, -0.25) is 14.4 Å². The van der Waals surface area contributed by atoms with Crippen molar-refractivity contribution in [3.05, 3.63) is 19.2 Å². The van der Waals surface area contributed by atoms with Crippen molar-refractivity contribution < 1.29 is 19.5 Å². The lowest BCUT2D eigenvalue weighted by Crippen LogP contribution is -2.38. The van der Waals surface area contributed by atoms with Crippen molar-refractivity contribution >= 4 is 61.0 Å². The lowest BCUT2D eigenvalue weighted by Gasteiger charge is -2.03. The number of hydrogen-bond acceptors (Lipinski definition) is 4. The van der Waals surface area contributed by atoms with Crippen LogP contribution in [0, 0.1) is 0 Å². The first-order valence-electron chi connectivity index (χ1n) is 4.61. The number of halogens is 2. The largest absolute Gasteiger partial charge is 0.480 e. The minimum Gasteiger partial charge on any atom is -0.480 e. The number of carboxylic acid groups (broad SMARTS) is 1. The van der Waals surface area contributed by atoms with Crippen molar-refractivity contribution in [3.63, 3.8) is 0 Å². The van der Waals surface area contributed by atoms with Gasteiger partial charge >= 0.3 is 5.97 Å². The highest BCUT2D eigenvalue weighted by Crippen LogP contribution is 2.32. The summed E-state index contributed by atoms with van der Waals surface area (Å²) in [5.74, 6) is -2.09. The number of aliphatic carboxylic acids is 1. The average Bonchev–Trinajstić information content (AvgIpc) is 2.64. The molecule has 1 aromatic rings. The van der Waals surface area contributed by atoms with Crippen LogP contribution in [0.5, 0.6) is 0 Å². The maximum absolute atomic E-state index is 11.6. The monoisotopic (exact) mass is 398 g/mol. The summed E-state index contributed by atoms with van der Waals surface area (Å²) in [7, 11) is 0. The zero-order valence-corrected chi connectivity index (χ0v) is 12.8. The summed E-state index contributed by atoms with van der Waals surface area (Å²) in [6, 6.07) is 1.62. The number of thiophene rings is 1. The maximum atomic E-state index is 11.6. The fourth-order valence-corrected chi connectivity index (χ4v) is 2.89. The van der Waals surface area contributed by atoms with E-state index in [1.807, 2.05) is 0 Å². The first-order chi connectivity index (χ1) is 8.40. The molecule has 0 aromatic carbocycles. The molecule has 0 fully saturated rings. The molecule has 0 atom stereocenters. The molecule has 2 amide bonds. The molecule has 0 aliphatic heterocycles. The Morgan fingerprint density at radius 3 is 2.39 bits per heavy atom. The van der Waals surface area contributed by atoms with Crippen LogP contribution in [0.4, 0.5) is 0 Å². The number of carbonyl (C=O) groups is 3. The molecule has 9 heteroatoms. The number of rotatable bonds is 5. The van der Waals surface area contributed by atoms with Gasteiger partial charge in [-0.05, 0) is 37.9 Å². The van der Waals surface area contributed by atoms with Crippen molar-refractivity contribution in [2.45, 2.75) is 0 Å². The van der Waals surface area contributed by atoms with E-state index in [1.165, 1.54) is 11.3 Å². The molecule has 6 nitrogen and oxygen atoms in total. The normalized spacial score (nSPS) is 9.89. The molecule has 0 spiro atoms. The van der Waals surface area contributed by atoms with E-state index in [0.717, 1.165) is 8.26 Å². The Balaban J connectivity index is 2.41. The van der Waals surface area contributed by atoms with Gasteiger partial charge in [0.2, 0.25) is 5.91 Å². The highest BCUT2D eigenvalue weighted by molar-refractivity contribution is 9.13. The smallest absolute Gasteiger partial charge is 0.322 e. The van der Waals surface area contributed by atoms with Crippen LogP contribution in [0.15, 0.2) is 14.3 Å². The zero-order chi connectivity index (χ0) is 13.7. The zero-order valence-electron chi connectivity index (χ0n) is 8.83. The summed E-state index contributed by atoms with van der Waals surface area (Å²) in [6.07, 6.45) is 0. The Morgan fingerprint density at radius 1 is 1.22 bits per heavy atom. The van der Waals surface area contributed by atoms with Crippen LogP contribution in [-0.2, 0) is 9.59 Å². The van der Waals surface area contributed by atoms with Crippen molar-refractivity contribution in [2.24, 2.45) is 0 Å². The summed E-state index contributed by atoms with van der Waals surface area (Å²) < 4.78 is 1.54. The topological polar surface area (TPSA) is 95.5 Å². The molecule has 18 heavy (non-hydrogen) atoms. The Kier molecular flexibility index (Phi) is 5.76. The van der Waals surface area contributed by atoms with Gasteiger partial charge in [0.05, 0.1) is 15.2 Å². The van der Waals surface area contributed by atoms with Crippen molar-refractivity contribution in [1.82, 2.24) is 10.6 Å². The van der Waals surface area contributed by atoms with Gasteiger partial charge in [0.15, 0.2) is 0 Å². The fourth-order valence-electron chi connectivity index (χ4n) is 0.943. The van der Waals surface area contributed by atoms with E-state index in [0.29, 0.717) is 4.88 Å². The maximum Gasteiger partial charge on any atom is 0.322 e. The highest BCUT2D eigenvalue weighted by atomic mass is 79.9. The Morgan fingerprint density at radius 2 is 1.89 bits per heavy atom. The predicted octanol–water partition coefficient (Wildman–Crippen LogP) is 1.20.